The van der Waals surface area contributed by atoms with Crippen molar-refractivity contribution in [2.75, 3.05) is 18.9 Å². The normalized spacial score (nSPS) is 11.0. The topological polar surface area (TPSA) is 102 Å². The Balaban J connectivity index is 2.53. The smallest absolute Gasteiger partial charge is 0.335 e. The molecule has 2 rings (SSSR count). The van der Waals surface area contributed by atoms with E-state index in [0.717, 1.165) is 6.07 Å². The van der Waals surface area contributed by atoms with Crippen molar-refractivity contribution in [3.63, 3.8) is 0 Å². The molecule has 0 saturated carbocycles. The molecule has 0 unspecified atom stereocenters. The number of anilines is 1. The second kappa shape index (κ2) is 7.38. The monoisotopic (exact) mass is 405 g/mol. The lowest BCUT2D eigenvalue weighted by molar-refractivity contribution is 0.0696. The molecule has 25 heavy (non-hydrogen) atoms. The summed E-state index contributed by atoms with van der Waals surface area (Å²) >= 11 is 11.9. The Labute approximate surface area is 154 Å². The van der Waals surface area contributed by atoms with Crippen molar-refractivity contribution in [1.82, 2.24) is 0 Å². The first kappa shape index (κ1) is 19.2. The molecule has 0 saturated heterocycles. The van der Waals surface area contributed by atoms with E-state index < -0.39 is 16.0 Å². The molecule has 7 nitrogen and oxygen atoms in total. The minimum absolute atomic E-state index is 0.0561. The number of aromatic carboxylic acids is 1. The number of rotatable bonds is 6. The van der Waals surface area contributed by atoms with Crippen LogP contribution < -0.4 is 14.2 Å². The predicted molar refractivity (Wildman–Crippen MR) is 93.8 cm³/mol. The van der Waals surface area contributed by atoms with Crippen LogP contribution >= 0.6 is 23.2 Å². The molecule has 134 valence electrons. The number of carbonyl (C=O) groups is 1. The Morgan fingerprint density at radius 3 is 2.24 bits per heavy atom. The second-order valence-corrected chi connectivity index (χ2v) is 7.21. The Hall–Kier alpha value is -2.16. The van der Waals surface area contributed by atoms with Crippen LogP contribution in [0.25, 0.3) is 0 Å². The largest absolute Gasteiger partial charge is 0.495 e. The zero-order chi connectivity index (χ0) is 18.8. The van der Waals surface area contributed by atoms with Crippen molar-refractivity contribution in [2.24, 2.45) is 0 Å². The third-order valence-corrected chi connectivity index (χ3v) is 5.33. The summed E-state index contributed by atoms with van der Waals surface area (Å²) in [5.41, 5.74) is -0.161. The summed E-state index contributed by atoms with van der Waals surface area (Å²) in [6.45, 7) is 0. The van der Waals surface area contributed by atoms with Gasteiger partial charge in [0.2, 0.25) is 0 Å². The quantitative estimate of drug-likeness (QED) is 0.761. The zero-order valence-corrected chi connectivity index (χ0v) is 15.4. The lowest BCUT2D eigenvalue weighted by atomic mass is 10.2. The van der Waals surface area contributed by atoms with E-state index >= 15 is 0 Å². The van der Waals surface area contributed by atoms with Gasteiger partial charge in [0.15, 0.2) is 0 Å². The summed E-state index contributed by atoms with van der Waals surface area (Å²) < 4.78 is 37.7. The molecule has 0 bridgehead atoms. The van der Waals surface area contributed by atoms with Crippen molar-refractivity contribution < 1.29 is 27.8 Å². The van der Waals surface area contributed by atoms with Gasteiger partial charge < -0.3 is 14.6 Å². The number of methoxy groups -OCH3 is 2. The predicted octanol–water partition coefficient (Wildman–Crippen LogP) is 3.51. The summed E-state index contributed by atoms with van der Waals surface area (Å²) in [5, 5.41) is 9.13. The Bertz CT molecular complexity index is 930. The number of sulfonamides is 1. The number of halogens is 2. The molecule has 0 aliphatic rings. The van der Waals surface area contributed by atoms with Crippen LogP contribution in [-0.4, -0.2) is 33.7 Å². The molecule has 0 aliphatic heterocycles. The zero-order valence-electron chi connectivity index (χ0n) is 13.0. The molecule has 10 heteroatoms. The van der Waals surface area contributed by atoms with Crippen LogP contribution in [0.15, 0.2) is 35.2 Å². The van der Waals surface area contributed by atoms with Gasteiger partial charge in [-0.05, 0) is 18.2 Å². The van der Waals surface area contributed by atoms with E-state index in [1.54, 1.807) is 0 Å². The van der Waals surface area contributed by atoms with Crippen molar-refractivity contribution in [2.45, 2.75) is 4.90 Å². The fraction of sp³-hybridized carbons (Fsp3) is 0.133. The van der Waals surface area contributed by atoms with Crippen LogP contribution in [0.2, 0.25) is 10.0 Å². The van der Waals surface area contributed by atoms with E-state index in [4.69, 9.17) is 37.8 Å². The molecule has 0 radical (unpaired) electrons. The molecular weight excluding hydrogens is 393 g/mol. The molecule has 0 spiro atoms. The van der Waals surface area contributed by atoms with Crippen LogP contribution in [0.4, 0.5) is 5.69 Å². The first-order valence-corrected chi connectivity index (χ1v) is 8.90. The number of carboxylic acid groups (broad SMARTS) is 1. The van der Waals surface area contributed by atoms with Crippen molar-refractivity contribution in [3.05, 3.63) is 45.9 Å². The van der Waals surface area contributed by atoms with Crippen LogP contribution in [0.3, 0.4) is 0 Å². The van der Waals surface area contributed by atoms with Gasteiger partial charge in [0.1, 0.15) is 16.4 Å². The third kappa shape index (κ3) is 4.09. The molecule has 0 aliphatic carbocycles. The van der Waals surface area contributed by atoms with Gasteiger partial charge >= 0.3 is 5.97 Å². The highest BCUT2D eigenvalue weighted by Crippen LogP contribution is 2.37. The fourth-order valence-corrected chi connectivity index (χ4v) is 3.80. The SMILES string of the molecule is COc1cc(NS(=O)(=O)c2cc(C(=O)O)ccc2Cl)c(OC)cc1Cl. The summed E-state index contributed by atoms with van der Waals surface area (Å²) in [6.07, 6.45) is 0. The fourth-order valence-electron chi connectivity index (χ4n) is 1.98. The van der Waals surface area contributed by atoms with Crippen molar-refractivity contribution in [1.29, 1.82) is 0 Å². The van der Waals surface area contributed by atoms with Crippen LogP contribution in [0.1, 0.15) is 10.4 Å². The molecule has 0 aromatic heterocycles. The van der Waals surface area contributed by atoms with Gasteiger partial charge in [-0.3, -0.25) is 4.72 Å². The number of nitrogens with one attached hydrogen (secondary N) is 1. The Morgan fingerprint density at radius 2 is 1.68 bits per heavy atom. The minimum atomic E-state index is -4.19. The summed E-state index contributed by atoms with van der Waals surface area (Å²) in [4.78, 5) is 10.7. The number of carboxylic acids is 1. The molecule has 0 atom stereocenters. The van der Waals surface area contributed by atoms with E-state index in [-0.39, 0.29) is 37.7 Å². The minimum Gasteiger partial charge on any atom is -0.495 e. The highest BCUT2D eigenvalue weighted by molar-refractivity contribution is 7.92. The van der Waals surface area contributed by atoms with Gasteiger partial charge in [-0.25, -0.2) is 13.2 Å². The summed E-state index contributed by atoms with van der Waals surface area (Å²) in [7, 11) is -1.48. The third-order valence-electron chi connectivity index (χ3n) is 3.19. The van der Waals surface area contributed by atoms with E-state index in [0.29, 0.717) is 0 Å². The van der Waals surface area contributed by atoms with Gasteiger partial charge in [0, 0.05) is 12.1 Å². The Morgan fingerprint density at radius 1 is 1.04 bits per heavy atom. The average molecular weight is 406 g/mol. The molecular formula is C15H13Cl2NO6S. The molecule has 0 amide bonds. The van der Waals surface area contributed by atoms with E-state index in [2.05, 4.69) is 4.72 Å². The number of hydrogen-bond donors (Lipinski definition) is 2. The van der Waals surface area contributed by atoms with Crippen LogP contribution in [0, 0.1) is 0 Å². The Kier molecular flexibility index (Phi) is 5.66. The molecule has 2 N–H and O–H groups in total. The lowest BCUT2D eigenvalue weighted by Gasteiger charge is -2.15. The highest BCUT2D eigenvalue weighted by atomic mass is 35.5. The molecule has 0 fully saturated rings. The number of ether oxygens (including phenoxy) is 2. The summed E-state index contributed by atoms with van der Waals surface area (Å²) in [5.74, 6) is -0.899. The van der Waals surface area contributed by atoms with E-state index in [1.165, 1.54) is 38.5 Å². The average Bonchev–Trinajstić information content (AvgIpc) is 2.55. The number of benzene rings is 2. The van der Waals surface area contributed by atoms with E-state index in [9.17, 15) is 13.2 Å². The summed E-state index contributed by atoms with van der Waals surface area (Å²) in [6, 6.07) is 6.09. The second-order valence-electron chi connectivity index (χ2n) is 4.74. The highest BCUT2D eigenvalue weighted by Gasteiger charge is 2.22. The first-order valence-electron chi connectivity index (χ1n) is 6.66. The van der Waals surface area contributed by atoms with Gasteiger partial charge in [0.05, 0.1) is 35.5 Å². The molecule has 0 heterocycles. The van der Waals surface area contributed by atoms with E-state index in [1.807, 2.05) is 0 Å². The van der Waals surface area contributed by atoms with Crippen molar-refractivity contribution in [3.8, 4) is 11.5 Å². The number of hydrogen-bond acceptors (Lipinski definition) is 5. The maximum absolute atomic E-state index is 12.6. The van der Waals surface area contributed by atoms with Gasteiger partial charge in [0.25, 0.3) is 10.0 Å². The molecule has 2 aromatic rings. The van der Waals surface area contributed by atoms with Gasteiger partial charge in [-0.1, -0.05) is 23.2 Å². The van der Waals surface area contributed by atoms with Crippen LogP contribution in [-0.2, 0) is 10.0 Å². The van der Waals surface area contributed by atoms with Crippen molar-refractivity contribution >= 4 is 44.9 Å². The van der Waals surface area contributed by atoms with Gasteiger partial charge in [-0.15, -0.1) is 0 Å². The lowest BCUT2D eigenvalue weighted by Crippen LogP contribution is -2.15. The van der Waals surface area contributed by atoms with Crippen LogP contribution in [0.5, 0.6) is 11.5 Å². The molecule has 2 aromatic carbocycles. The maximum Gasteiger partial charge on any atom is 0.335 e. The standard InChI is InChI=1S/C15H13Cl2NO6S/c1-23-12-7-11(13(24-2)6-10(12)17)18-25(21,22)14-5-8(15(19)20)3-4-9(14)16/h3-7,18H,1-2H3,(H,19,20). The first-order chi connectivity index (χ1) is 11.7. The van der Waals surface area contributed by atoms with Gasteiger partial charge in [-0.2, -0.15) is 0 Å². The maximum atomic E-state index is 12.6.